The van der Waals surface area contributed by atoms with Crippen LogP contribution in [0.1, 0.15) is 219 Å². The number of unbranched alkanes of at least 4 members (excludes halogenated alkanes) is 24. The number of hydrogen-bond acceptors (Lipinski definition) is 6. The van der Waals surface area contributed by atoms with Crippen LogP contribution in [0.4, 0.5) is 0 Å². The van der Waals surface area contributed by atoms with Gasteiger partial charge in [0.25, 0.3) is 7.82 Å². The number of quaternary nitrogens is 1. The van der Waals surface area contributed by atoms with Gasteiger partial charge in [0, 0.05) is 6.42 Å². The van der Waals surface area contributed by atoms with Gasteiger partial charge in [0.1, 0.15) is 13.2 Å². The summed E-state index contributed by atoms with van der Waals surface area (Å²) in [6.07, 6.45) is 62.6. The molecular formula is C55H101N2O6P. The van der Waals surface area contributed by atoms with E-state index in [0.29, 0.717) is 17.4 Å². The molecule has 0 aromatic carbocycles. The van der Waals surface area contributed by atoms with Crippen molar-refractivity contribution in [2.24, 2.45) is 0 Å². The Hall–Kier alpha value is -2.06. The van der Waals surface area contributed by atoms with Crippen molar-refractivity contribution in [2.75, 3.05) is 40.9 Å². The number of allylic oxidation sites excluding steroid dienone is 11. The van der Waals surface area contributed by atoms with Gasteiger partial charge < -0.3 is 28.8 Å². The highest BCUT2D eigenvalue weighted by molar-refractivity contribution is 7.45. The standard InChI is InChI=1S/C55H101N2O6P/c1-6-8-10-12-14-16-18-20-22-24-25-26-27-28-29-30-31-33-34-36-38-40-42-44-46-48-54(58)53(52-63-64(60,61)62-51-50-57(3,4)5)56-55(59)49-47-45-43-41-39-37-35-32-23-21-19-17-15-13-11-9-7-2/h9,11,15,17,21,23,35,37-38,40,46,48,53-54,58H,6-8,10,12-14,16,18-20,22,24-34,36,39,41-45,47,49-52H2,1-5H3,(H-,56,59,60,61)/b11-9-,17-15-,23-21-,37-35-,40-38+,48-46+. The van der Waals surface area contributed by atoms with E-state index in [1.165, 1.54) is 122 Å². The largest absolute Gasteiger partial charge is 0.756 e. The SMILES string of the molecule is CC/C=C\C/C=C\C/C=C\C/C=C\CCCCCCC(=O)NC(COP(=O)([O-])OCC[N+](C)(C)C)C(O)/C=C/CC/C=C/CCCCCCCCCCCCCCCCCCCCC. The van der Waals surface area contributed by atoms with Gasteiger partial charge in [-0.25, -0.2) is 0 Å². The number of rotatable bonds is 47. The number of aliphatic hydroxyl groups excluding tert-OH is 1. The number of hydrogen-bond donors (Lipinski definition) is 2. The second-order valence-corrected chi connectivity index (χ2v) is 20.2. The molecule has 0 aromatic heterocycles. The van der Waals surface area contributed by atoms with Crippen molar-refractivity contribution in [1.29, 1.82) is 0 Å². The van der Waals surface area contributed by atoms with Crippen molar-refractivity contribution in [1.82, 2.24) is 5.32 Å². The third-order valence-electron chi connectivity index (χ3n) is 11.4. The molecule has 64 heavy (non-hydrogen) atoms. The van der Waals surface area contributed by atoms with E-state index in [2.05, 4.69) is 79.9 Å². The lowest BCUT2D eigenvalue weighted by Gasteiger charge is -2.29. The number of amides is 1. The van der Waals surface area contributed by atoms with Crippen molar-refractivity contribution in [3.8, 4) is 0 Å². The topological polar surface area (TPSA) is 108 Å². The molecule has 0 bridgehead atoms. The molecule has 0 heterocycles. The summed E-state index contributed by atoms with van der Waals surface area (Å²) in [6, 6.07) is -0.920. The molecule has 372 valence electrons. The molecule has 8 nitrogen and oxygen atoms in total. The minimum absolute atomic E-state index is 0.0148. The summed E-state index contributed by atoms with van der Waals surface area (Å²) in [7, 11) is 1.22. The third-order valence-corrected chi connectivity index (χ3v) is 12.4. The lowest BCUT2D eigenvalue weighted by molar-refractivity contribution is -0.870. The Bertz CT molecular complexity index is 1270. The first kappa shape index (κ1) is 61.9. The van der Waals surface area contributed by atoms with E-state index in [1.807, 2.05) is 27.2 Å². The number of nitrogens with zero attached hydrogens (tertiary/aromatic N) is 1. The summed E-state index contributed by atoms with van der Waals surface area (Å²) in [5.74, 6) is -0.232. The number of likely N-dealkylation sites (N-methyl/N-ethyl adjacent to an activating group) is 1. The molecule has 9 heteroatoms. The number of phosphoric ester groups is 1. The summed E-state index contributed by atoms with van der Waals surface area (Å²) in [5.41, 5.74) is 0. The summed E-state index contributed by atoms with van der Waals surface area (Å²) >= 11 is 0. The van der Waals surface area contributed by atoms with Crippen molar-refractivity contribution in [3.63, 3.8) is 0 Å². The van der Waals surface area contributed by atoms with E-state index in [-0.39, 0.29) is 12.5 Å². The Kier molecular flexibility index (Phi) is 44.6. The molecule has 0 spiro atoms. The average molecular weight is 917 g/mol. The summed E-state index contributed by atoms with van der Waals surface area (Å²) < 4.78 is 23.3. The van der Waals surface area contributed by atoms with Gasteiger partial charge in [0.05, 0.1) is 39.9 Å². The summed E-state index contributed by atoms with van der Waals surface area (Å²) in [4.78, 5) is 25.4. The predicted octanol–water partition coefficient (Wildman–Crippen LogP) is 14.9. The van der Waals surface area contributed by atoms with Gasteiger partial charge in [-0.3, -0.25) is 9.36 Å². The van der Waals surface area contributed by atoms with Crippen LogP contribution < -0.4 is 10.2 Å². The van der Waals surface area contributed by atoms with Gasteiger partial charge in [0.2, 0.25) is 5.91 Å². The quantitative estimate of drug-likeness (QED) is 0.0272. The first-order valence-electron chi connectivity index (χ1n) is 26.3. The molecule has 0 saturated carbocycles. The molecular weight excluding hydrogens is 816 g/mol. The Morgan fingerprint density at radius 2 is 0.969 bits per heavy atom. The zero-order valence-electron chi connectivity index (χ0n) is 42.2. The minimum atomic E-state index is -4.61. The second kappa shape index (κ2) is 46.1. The van der Waals surface area contributed by atoms with Crippen LogP contribution in [0.25, 0.3) is 0 Å². The molecule has 0 saturated heterocycles. The summed E-state index contributed by atoms with van der Waals surface area (Å²) in [6.45, 7) is 4.50. The lowest BCUT2D eigenvalue weighted by atomic mass is 10.0. The fraction of sp³-hybridized carbons (Fsp3) is 0.764. The average Bonchev–Trinajstić information content (AvgIpc) is 3.25. The van der Waals surface area contributed by atoms with Gasteiger partial charge in [-0.15, -0.1) is 0 Å². The molecule has 0 aliphatic rings. The molecule has 0 aromatic rings. The van der Waals surface area contributed by atoms with E-state index in [9.17, 15) is 19.4 Å². The number of carbonyl (C=O) groups excluding carboxylic acids is 1. The molecule has 3 unspecified atom stereocenters. The van der Waals surface area contributed by atoms with Gasteiger partial charge >= 0.3 is 0 Å². The van der Waals surface area contributed by atoms with Crippen molar-refractivity contribution in [2.45, 2.75) is 231 Å². The normalized spacial score (nSPS) is 14.7. The zero-order chi connectivity index (χ0) is 47.1. The first-order valence-corrected chi connectivity index (χ1v) is 27.8. The highest BCUT2D eigenvalue weighted by Gasteiger charge is 2.23. The fourth-order valence-electron chi connectivity index (χ4n) is 7.28. The maximum atomic E-state index is 12.9. The van der Waals surface area contributed by atoms with Gasteiger partial charge in [-0.2, -0.15) is 0 Å². The van der Waals surface area contributed by atoms with Gasteiger partial charge in [-0.05, 0) is 70.6 Å². The van der Waals surface area contributed by atoms with Crippen LogP contribution >= 0.6 is 7.82 Å². The second-order valence-electron chi connectivity index (χ2n) is 18.8. The van der Waals surface area contributed by atoms with Crippen LogP contribution in [0.2, 0.25) is 0 Å². The first-order chi connectivity index (χ1) is 31.0. The smallest absolute Gasteiger partial charge is 0.268 e. The van der Waals surface area contributed by atoms with Crippen LogP contribution in [0, 0.1) is 0 Å². The minimum Gasteiger partial charge on any atom is -0.756 e. The predicted molar refractivity (Wildman–Crippen MR) is 274 cm³/mol. The van der Waals surface area contributed by atoms with Crippen LogP contribution in [0.3, 0.4) is 0 Å². The zero-order valence-corrected chi connectivity index (χ0v) is 43.1. The van der Waals surface area contributed by atoms with Crippen LogP contribution in [-0.2, 0) is 18.4 Å². The van der Waals surface area contributed by atoms with E-state index in [1.54, 1.807) is 6.08 Å². The Morgan fingerprint density at radius 3 is 1.45 bits per heavy atom. The van der Waals surface area contributed by atoms with Crippen LogP contribution in [0.15, 0.2) is 72.9 Å². The third kappa shape index (κ3) is 47.9. The van der Waals surface area contributed by atoms with Gasteiger partial charge in [-0.1, -0.05) is 215 Å². The maximum absolute atomic E-state index is 12.9. The van der Waals surface area contributed by atoms with E-state index >= 15 is 0 Å². The molecule has 2 N–H and O–H groups in total. The Morgan fingerprint density at radius 1 is 0.562 bits per heavy atom. The highest BCUT2D eigenvalue weighted by Crippen LogP contribution is 2.38. The molecule has 0 aliphatic carbocycles. The lowest BCUT2D eigenvalue weighted by Crippen LogP contribution is -2.45. The molecule has 0 fully saturated rings. The Balaban J connectivity index is 4.35. The van der Waals surface area contributed by atoms with Crippen molar-refractivity contribution in [3.05, 3.63) is 72.9 Å². The molecule has 0 rings (SSSR count). The van der Waals surface area contributed by atoms with Crippen LogP contribution in [0.5, 0.6) is 0 Å². The van der Waals surface area contributed by atoms with E-state index in [0.717, 1.165) is 77.0 Å². The maximum Gasteiger partial charge on any atom is 0.268 e. The number of phosphoric acid groups is 1. The van der Waals surface area contributed by atoms with E-state index < -0.39 is 26.6 Å². The number of nitrogens with one attached hydrogen (secondary N) is 1. The van der Waals surface area contributed by atoms with Crippen molar-refractivity contribution < 1.29 is 32.9 Å². The molecule has 3 atom stereocenters. The molecule has 1 amide bonds. The van der Waals surface area contributed by atoms with Crippen molar-refractivity contribution >= 4 is 13.7 Å². The summed E-state index contributed by atoms with van der Waals surface area (Å²) in [5, 5.41) is 13.8. The Labute approximate surface area is 395 Å². The fourth-order valence-corrected chi connectivity index (χ4v) is 8.00. The molecule has 0 aliphatic heterocycles. The number of carbonyl (C=O) groups is 1. The number of aliphatic hydroxyl groups is 1. The molecule has 0 radical (unpaired) electrons. The monoisotopic (exact) mass is 917 g/mol. The van der Waals surface area contributed by atoms with Crippen LogP contribution in [-0.4, -0.2) is 68.5 Å². The highest BCUT2D eigenvalue weighted by atomic mass is 31.2. The van der Waals surface area contributed by atoms with Gasteiger partial charge in [0.15, 0.2) is 0 Å². The van der Waals surface area contributed by atoms with E-state index in [4.69, 9.17) is 9.05 Å².